The van der Waals surface area contributed by atoms with Gasteiger partial charge in [0.25, 0.3) is 0 Å². The Morgan fingerprint density at radius 2 is 1.53 bits per heavy atom. The maximum Gasteiger partial charge on any atom is 0.348 e. The smallest absolute Gasteiger partial charge is 0.348 e. The Balaban J connectivity index is 1.89. The lowest BCUT2D eigenvalue weighted by Crippen LogP contribution is -2.01. The lowest BCUT2D eigenvalue weighted by atomic mass is 10.0. The van der Waals surface area contributed by atoms with Crippen molar-refractivity contribution in [3.05, 3.63) is 92.7 Å². The van der Waals surface area contributed by atoms with Crippen molar-refractivity contribution >= 4 is 49.4 Å². The lowest BCUT2D eigenvalue weighted by Gasteiger charge is -2.12. The van der Waals surface area contributed by atoms with Gasteiger partial charge < -0.3 is 14.2 Å². The van der Waals surface area contributed by atoms with Crippen LogP contribution in [0.25, 0.3) is 33.1 Å². The number of para-hydroxylation sites is 2. The maximum absolute atomic E-state index is 13.0. The number of anilines is 2. The molecule has 0 aliphatic carbocycles. The van der Waals surface area contributed by atoms with E-state index < -0.39 is 5.63 Å². The van der Waals surface area contributed by atoms with Gasteiger partial charge in [-0.05, 0) is 43.2 Å². The van der Waals surface area contributed by atoms with Gasteiger partial charge in [0.2, 0.25) is 5.88 Å². The average Bonchev–Trinajstić information content (AvgIpc) is 3.11. The average molecular weight is 460 g/mol. The summed E-state index contributed by atoms with van der Waals surface area (Å²) in [5, 5.41) is 4.63. The highest BCUT2D eigenvalue weighted by Crippen LogP contribution is 2.43. The largest absolute Gasteiger partial charge is 0.439 e. The Bertz CT molecular complexity index is 1460. The summed E-state index contributed by atoms with van der Waals surface area (Å²) in [6, 6.07) is 21.3. The van der Waals surface area contributed by atoms with Crippen LogP contribution in [-0.4, -0.2) is 0 Å². The minimum absolute atomic E-state index is 0.423. The first-order valence-corrected chi connectivity index (χ1v) is 10.4. The zero-order valence-electron chi connectivity index (χ0n) is 16.5. The Labute approximate surface area is 181 Å². The molecule has 0 amide bonds. The molecule has 2 aromatic heterocycles. The van der Waals surface area contributed by atoms with Crippen molar-refractivity contribution in [2.75, 3.05) is 5.32 Å². The number of hydrogen-bond donors (Lipinski definition) is 1. The highest BCUT2D eigenvalue weighted by atomic mass is 79.9. The third-order valence-corrected chi connectivity index (χ3v) is 6.00. The molecular weight excluding hydrogens is 442 g/mol. The molecule has 0 spiro atoms. The number of hydrogen-bond acceptors (Lipinski definition) is 4. The van der Waals surface area contributed by atoms with Crippen molar-refractivity contribution in [2.45, 2.75) is 13.8 Å². The minimum atomic E-state index is -0.423. The molecule has 0 saturated carbocycles. The van der Waals surface area contributed by atoms with E-state index in [0.717, 1.165) is 32.2 Å². The number of benzene rings is 3. The molecule has 0 aliphatic heterocycles. The van der Waals surface area contributed by atoms with Crippen molar-refractivity contribution in [3.63, 3.8) is 0 Å². The quantitative estimate of drug-likeness (QED) is 0.287. The Morgan fingerprint density at radius 3 is 2.30 bits per heavy atom. The lowest BCUT2D eigenvalue weighted by molar-refractivity contribution is 0.566. The summed E-state index contributed by atoms with van der Waals surface area (Å²) < 4.78 is 12.8. The van der Waals surface area contributed by atoms with Crippen LogP contribution in [-0.2, 0) is 0 Å². The van der Waals surface area contributed by atoms with Crippen LogP contribution in [0.15, 0.2) is 84.8 Å². The van der Waals surface area contributed by atoms with Gasteiger partial charge in [-0.2, -0.15) is 0 Å². The van der Waals surface area contributed by atoms with E-state index in [0.29, 0.717) is 28.0 Å². The van der Waals surface area contributed by atoms with Gasteiger partial charge in [0, 0.05) is 15.7 Å². The normalized spacial score (nSPS) is 11.3. The third-order valence-electron chi connectivity index (χ3n) is 5.31. The van der Waals surface area contributed by atoms with Gasteiger partial charge in [-0.1, -0.05) is 64.5 Å². The third kappa shape index (κ3) is 2.94. The first-order chi connectivity index (χ1) is 14.5. The minimum Gasteiger partial charge on any atom is -0.439 e. The van der Waals surface area contributed by atoms with E-state index in [2.05, 4.69) is 21.2 Å². The van der Waals surface area contributed by atoms with E-state index in [1.165, 1.54) is 0 Å². The predicted octanol–water partition coefficient (Wildman–Crippen LogP) is 7.33. The number of aryl methyl sites for hydroxylation is 2. The molecule has 1 N–H and O–H groups in total. The molecule has 0 unspecified atom stereocenters. The van der Waals surface area contributed by atoms with Crippen molar-refractivity contribution in [2.24, 2.45) is 0 Å². The summed E-state index contributed by atoms with van der Waals surface area (Å²) in [5.74, 6) is 0.512. The first kappa shape index (κ1) is 18.7. The van der Waals surface area contributed by atoms with Crippen molar-refractivity contribution < 1.29 is 8.83 Å². The fraction of sp³-hybridized carbons (Fsp3) is 0.0800. The van der Waals surface area contributed by atoms with Crippen molar-refractivity contribution in [1.82, 2.24) is 0 Å². The molecule has 0 bridgehead atoms. The Kier molecular flexibility index (Phi) is 4.48. The standard InChI is InChI=1S/C25H18BrNO3/c1-14-8-7-9-15(2)22(14)27-24-20(16-10-3-5-12-18(16)26)21-23(30-24)17-11-4-6-13-19(17)29-25(21)28/h3-13,27H,1-2H3. The van der Waals surface area contributed by atoms with Crippen LogP contribution in [0.2, 0.25) is 0 Å². The molecule has 3 aromatic carbocycles. The monoisotopic (exact) mass is 459 g/mol. The molecule has 5 aromatic rings. The van der Waals surface area contributed by atoms with Crippen LogP contribution < -0.4 is 10.9 Å². The summed E-state index contributed by atoms with van der Waals surface area (Å²) in [6.45, 7) is 4.08. The number of rotatable bonds is 3. The second-order valence-electron chi connectivity index (χ2n) is 7.27. The molecule has 5 heteroatoms. The van der Waals surface area contributed by atoms with E-state index in [1.807, 2.05) is 74.5 Å². The number of fused-ring (bicyclic) bond motifs is 3. The topological polar surface area (TPSA) is 55.4 Å². The number of nitrogens with one attached hydrogen (secondary N) is 1. The highest BCUT2D eigenvalue weighted by Gasteiger charge is 2.24. The molecule has 0 saturated heterocycles. The molecule has 0 radical (unpaired) electrons. The molecule has 30 heavy (non-hydrogen) atoms. The van der Waals surface area contributed by atoms with Gasteiger partial charge in [-0.25, -0.2) is 4.79 Å². The summed E-state index contributed by atoms with van der Waals surface area (Å²) in [5.41, 5.74) is 5.26. The van der Waals surface area contributed by atoms with Crippen LogP contribution in [0.3, 0.4) is 0 Å². The molecule has 148 valence electrons. The predicted molar refractivity (Wildman–Crippen MR) is 125 cm³/mol. The van der Waals surface area contributed by atoms with E-state index in [9.17, 15) is 4.79 Å². The molecule has 0 fully saturated rings. The van der Waals surface area contributed by atoms with Crippen LogP contribution in [0.4, 0.5) is 11.6 Å². The second-order valence-corrected chi connectivity index (χ2v) is 8.12. The number of halogens is 1. The van der Waals surface area contributed by atoms with Gasteiger partial charge in [0.15, 0.2) is 5.58 Å². The fourth-order valence-corrected chi connectivity index (χ4v) is 4.33. The molecule has 0 atom stereocenters. The molecular formula is C25H18BrNO3. The van der Waals surface area contributed by atoms with Crippen LogP contribution in [0.5, 0.6) is 0 Å². The number of furan rings is 1. The van der Waals surface area contributed by atoms with Gasteiger partial charge in [0.05, 0.1) is 10.9 Å². The molecule has 5 rings (SSSR count). The van der Waals surface area contributed by atoms with Crippen LogP contribution >= 0.6 is 15.9 Å². The zero-order chi connectivity index (χ0) is 20.8. The second kappa shape index (κ2) is 7.18. The zero-order valence-corrected chi connectivity index (χ0v) is 18.0. The van der Waals surface area contributed by atoms with E-state index in [4.69, 9.17) is 8.83 Å². The summed E-state index contributed by atoms with van der Waals surface area (Å²) in [6.07, 6.45) is 0. The summed E-state index contributed by atoms with van der Waals surface area (Å²) >= 11 is 3.62. The van der Waals surface area contributed by atoms with E-state index >= 15 is 0 Å². The van der Waals surface area contributed by atoms with E-state index in [-0.39, 0.29) is 0 Å². The van der Waals surface area contributed by atoms with Crippen molar-refractivity contribution in [3.8, 4) is 11.1 Å². The highest BCUT2D eigenvalue weighted by molar-refractivity contribution is 9.10. The summed E-state index contributed by atoms with van der Waals surface area (Å²) in [4.78, 5) is 13.0. The van der Waals surface area contributed by atoms with E-state index in [1.54, 1.807) is 6.07 Å². The first-order valence-electron chi connectivity index (χ1n) is 9.61. The fourth-order valence-electron chi connectivity index (χ4n) is 3.84. The van der Waals surface area contributed by atoms with Gasteiger partial charge in [-0.15, -0.1) is 0 Å². The molecule has 0 aliphatic rings. The van der Waals surface area contributed by atoms with Gasteiger partial charge in [-0.3, -0.25) is 0 Å². The molecule has 4 nitrogen and oxygen atoms in total. The van der Waals surface area contributed by atoms with Crippen LogP contribution in [0.1, 0.15) is 11.1 Å². The Hall–Kier alpha value is -3.31. The van der Waals surface area contributed by atoms with Gasteiger partial charge >= 0.3 is 5.63 Å². The Morgan fingerprint density at radius 1 is 0.833 bits per heavy atom. The SMILES string of the molecule is Cc1cccc(C)c1Nc1oc2c(c1-c1ccccc1Br)c(=O)oc1ccccc12. The maximum atomic E-state index is 13.0. The van der Waals surface area contributed by atoms with Crippen LogP contribution in [0, 0.1) is 13.8 Å². The van der Waals surface area contributed by atoms with Gasteiger partial charge in [0.1, 0.15) is 11.0 Å². The van der Waals surface area contributed by atoms with Crippen molar-refractivity contribution in [1.29, 1.82) is 0 Å². The summed E-state index contributed by atoms with van der Waals surface area (Å²) in [7, 11) is 0. The molecule has 2 heterocycles.